The highest BCUT2D eigenvalue weighted by Gasteiger charge is 2.30. The van der Waals surface area contributed by atoms with E-state index in [2.05, 4.69) is 12.2 Å². The topological polar surface area (TPSA) is 49.4 Å². The van der Waals surface area contributed by atoms with Crippen molar-refractivity contribution in [3.05, 3.63) is 105 Å². The lowest BCUT2D eigenvalue weighted by molar-refractivity contribution is -0.140. The fourth-order valence-electron chi connectivity index (χ4n) is 4.15. The van der Waals surface area contributed by atoms with Gasteiger partial charge in [-0.25, -0.2) is 0 Å². The molecule has 0 spiro atoms. The van der Waals surface area contributed by atoms with Crippen molar-refractivity contribution >= 4 is 35.0 Å². The van der Waals surface area contributed by atoms with E-state index in [0.29, 0.717) is 23.0 Å². The third kappa shape index (κ3) is 7.84. The van der Waals surface area contributed by atoms with Crippen molar-refractivity contribution in [1.29, 1.82) is 0 Å². The molecule has 0 fully saturated rings. The molecule has 0 radical (unpaired) electrons. The minimum absolute atomic E-state index is 0.110. The highest BCUT2D eigenvalue weighted by molar-refractivity contribution is 6.42. The fourth-order valence-corrected chi connectivity index (χ4v) is 4.47. The van der Waals surface area contributed by atoms with Gasteiger partial charge in [0.05, 0.1) is 16.5 Å². The van der Waals surface area contributed by atoms with E-state index in [1.54, 1.807) is 17.0 Å². The van der Waals surface area contributed by atoms with Crippen LogP contribution in [0.15, 0.2) is 66.7 Å². The average molecular weight is 526 g/mol. The number of hydrogen-bond donors (Lipinski definition) is 1. The molecule has 0 saturated carbocycles. The van der Waals surface area contributed by atoms with Crippen molar-refractivity contribution in [1.82, 2.24) is 10.2 Å². The molecule has 4 nitrogen and oxygen atoms in total. The minimum atomic E-state index is -0.670. The zero-order valence-corrected chi connectivity index (χ0v) is 22.7. The van der Waals surface area contributed by atoms with Crippen molar-refractivity contribution in [2.45, 2.75) is 59.0 Å². The molecule has 0 saturated heterocycles. The Labute approximate surface area is 224 Å². The Kier molecular flexibility index (Phi) is 10.4. The van der Waals surface area contributed by atoms with Crippen molar-refractivity contribution in [2.75, 3.05) is 6.54 Å². The number of rotatable bonds is 11. The van der Waals surface area contributed by atoms with Gasteiger partial charge in [0.1, 0.15) is 6.04 Å². The van der Waals surface area contributed by atoms with Crippen LogP contribution in [0, 0.1) is 13.8 Å². The third-order valence-electron chi connectivity index (χ3n) is 6.28. The van der Waals surface area contributed by atoms with Gasteiger partial charge in [-0.1, -0.05) is 96.7 Å². The molecule has 0 heterocycles. The summed E-state index contributed by atoms with van der Waals surface area (Å²) in [5, 5.41) is 3.92. The summed E-state index contributed by atoms with van der Waals surface area (Å²) < 4.78 is 0. The fraction of sp³-hybridized carbons (Fsp3) is 0.333. The summed E-state index contributed by atoms with van der Waals surface area (Å²) in [6.45, 7) is 6.92. The Balaban J connectivity index is 1.99. The van der Waals surface area contributed by atoms with Gasteiger partial charge >= 0.3 is 0 Å². The highest BCUT2D eigenvalue weighted by atomic mass is 35.5. The van der Waals surface area contributed by atoms with Crippen molar-refractivity contribution < 1.29 is 9.59 Å². The Morgan fingerprint density at radius 3 is 2.36 bits per heavy atom. The Bertz CT molecular complexity index is 1180. The van der Waals surface area contributed by atoms with Crippen molar-refractivity contribution in [2.24, 2.45) is 0 Å². The molecule has 3 rings (SSSR count). The van der Waals surface area contributed by atoms with Gasteiger partial charge in [0.15, 0.2) is 0 Å². The van der Waals surface area contributed by atoms with E-state index >= 15 is 0 Å². The zero-order valence-electron chi connectivity index (χ0n) is 21.2. The molecule has 0 aliphatic carbocycles. The molecule has 6 heteroatoms. The van der Waals surface area contributed by atoms with E-state index in [1.807, 2.05) is 68.4 Å². The van der Waals surface area contributed by atoms with E-state index in [1.165, 1.54) is 0 Å². The first-order valence-electron chi connectivity index (χ1n) is 12.4. The second-order valence-corrected chi connectivity index (χ2v) is 10.0. The zero-order chi connectivity index (χ0) is 26.1. The van der Waals surface area contributed by atoms with Crippen LogP contribution < -0.4 is 5.32 Å². The Hall–Kier alpha value is -2.82. The number of carbonyl (C=O) groups excluding carboxylic acids is 2. The first-order chi connectivity index (χ1) is 17.3. The van der Waals surface area contributed by atoms with E-state index < -0.39 is 6.04 Å². The van der Waals surface area contributed by atoms with Gasteiger partial charge < -0.3 is 10.2 Å². The van der Waals surface area contributed by atoms with Crippen LogP contribution in [0.2, 0.25) is 10.0 Å². The molecule has 0 aromatic heterocycles. The molecule has 1 N–H and O–H groups in total. The van der Waals surface area contributed by atoms with Crippen LogP contribution in [0.25, 0.3) is 0 Å². The van der Waals surface area contributed by atoms with Crippen LogP contribution in [0.1, 0.15) is 47.6 Å². The van der Waals surface area contributed by atoms with Gasteiger partial charge in [0, 0.05) is 19.5 Å². The molecular formula is C30H34Cl2N2O2. The lowest BCUT2D eigenvalue weighted by Crippen LogP contribution is -2.51. The van der Waals surface area contributed by atoms with Crippen molar-refractivity contribution in [3.8, 4) is 0 Å². The second-order valence-electron chi connectivity index (χ2n) is 9.23. The second kappa shape index (κ2) is 13.5. The minimum Gasteiger partial charge on any atom is -0.354 e. The molecule has 3 aromatic carbocycles. The number of nitrogens with zero attached hydrogens (tertiary/aromatic N) is 1. The maximum atomic E-state index is 13.9. The first kappa shape index (κ1) is 27.8. The molecule has 2 amide bonds. The van der Waals surface area contributed by atoms with Crippen LogP contribution >= 0.6 is 23.2 Å². The summed E-state index contributed by atoms with van der Waals surface area (Å²) in [7, 11) is 0. The quantitative estimate of drug-likeness (QED) is 0.283. The molecule has 0 bridgehead atoms. The number of amides is 2. The number of nitrogens with one attached hydrogen (secondary N) is 1. The lowest BCUT2D eigenvalue weighted by Gasteiger charge is -2.32. The number of aryl methyl sites for hydroxylation is 2. The number of carbonyl (C=O) groups is 2. The van der Waals surface area contributed by atoms with Gasteiger partial charge in [-0.15, -0.1) is 0 Å². The number of unbranched alkanes of at least 4 members (excludes halogenated alkanes) is 1. The molecule has 190 valence electrons. The van der Waals surface area contributed by atoms with Gasteiger partial charge in [-0.05, 0) is 54.7 Å². The van der Waals surface area contributed by atoms with Gasteiger partial charge in [-0.2, -0.15) is 0 Å². The largest absolute Gasteiger partial charge is 0.354 e. The monoisotopic (exact) mass is 524 g/mol. The SMILES string of the molecule is CCCCNC(=O)[C@H](Cc1ccccc1)N(Cc1ccc(Cl)c(Cl)c1)C(=O)Cc1cc(C)ccc1C. The average Bonchev–Trinajstić information content (AvgIpc) is 2.86. The van der Waals surface area contributed by atoms with Gasteiger partial charge in [-0.3, -0.25) is 9.59 Å². The van der Waals surface area contributed by atoms with Crippen LogP contribution in [0.3, 0.4) is 0 Å². The molecular weight excluding hydrogens is 491 g/mol. The smallest absolute Gasteiger partial charge is 0.243 e. The highest BCUT2D eigenvalue weighted by Crippen LogP contribution is 2.25. The molecule has 1 atom stereocenters. The maximum absolute atomic E-state index is 13.9. The summed E-state index contributed by atoms with van der Waals surface area (Å²) >= 11 is 12.4. The Morgan fingerprint density at radius 1 is 0.917 bits per heavy atom. The number of halogens is 2. The summed E-state index contributed by atoms with van der Waals surface area (Å²) in [6, 6.07) is 20.6. The standard InChI is InChI=1S/C30H34Cl2N2O2/c1-4-5-15-33-30(36)28(18-23-9-7-6-8-10-23)34(20-24-13-14-26(31)27(32)17-24)29(35)19-25-16-21(2)11-12-22(25)3/h6-14,16-17,28H,4-5,15,18-20H2,1-3H3,(H,33,36)/t28-/m0/s1. The van der Waals surface area contributed by atoms with Crippen LogP contribution in [-0.2, 0) is 29.0 Å². The van der Waals surface area contributed by atoms with Crippen molar-refractivity contribution in [3.63, 3.8) is 0 Å². The molecule has 36 heavy (non-hydrogen) atoms. The summed E-state index contributed by atoms with van der Waals surface area (Å²) in [4.78, 5) is 29.1. The van der Waals surface area contributed by atoms with Crippen LogP contribution in [0.4, 0.5) is 0 Å². The molecule has 0 unspecified atom stereocenters. The molecule has 0 aliphatic heterocycles. The predicted molar refractivity (Wildman–Crippen MR) is 148 cm³/mol. The van der Waals surface area contributed by atoms with Crippen LogP contribution in [0.5, 0.6) is 0 Å². The number of benzene rings is 3. The van der Waals surface area contributed by atoms with E-state index in [-0.39, 0.29) is 24.8 Å². The van der Waals surface area contributed by atoms with Gasteiger partial charge in [0.25, 0.3) is 0 Å². The lowest BCUT2D eigenvalue weighted by atomic mass is 9.99. The normalized spacial score (nSPS) is 11.7. The summed E-state index contributed by atoms with van der Waals surface area (Å²) in [6.07, 6.45) is 2.48. The predicted octanol–water partition coefficient (Wildman–Crippen LogP) is 6.71. The third-order valence-corrected chi connectivity index (χ3v) is 7.02. The van der Waals surface area contributed by atoms with E-state index in [0.717, 1.165) is 40.7 Å². The number of hydrogen-bond acceptors (Lipinski definition) is 2. The maximum Gasteiger partial charge on any atom is 0.243 e. The van der Waals surface area contributed by atoms with Gasteiger partial charge in [0.2, 0.25) is 11.8 Å². The van der Waals surface area contributed by atoms with Crippen LogP contribution in [-0.4, -0.2) is 29.3 Å². The molecule has 0 aliphatic rings. The summed E-state index contributed by atoms with van der Waals surface area (Å²) in [5.74, 6) is -0.261. The first-order valence-corrected chi connectivity index (χ1v) is 13.1. The summed E-state index contributed by atoms with van der Waals surface area (Å²) in [5.41, 5.74) is 4.92. The van der Waals surface area contributed by atoms with E-state index in [4.69, 9.17) is 23.2 Å². The molecule has 3 aromatic rings. The Morgan fingerprint density at radius 2 is 1.67 bits per heavy atom. The van der Waals surface area contributed by atoms with E-state index in [9.17, 15) is 9.59 Å².